The van der Waals surface area contributed by atoms with Crippen LogP contribution in [-0.4, -0.2) is 24.5 Å². The standard InChI is InChI=1S/C17H16FN3OS/c1-21(10-16(22)19-13-6-4-5-12(18)9-13)11-17-20-14-7-2-3-8-15(14)23-17/h2-9H,10-11H2,1H3,(H,19,22)/p+1. The van der Waals surface area contributed by atoms with E-state index in [2.05, 4.69) is 10.3 Å². The zero-order valence-electron chi connectivity index (χ0n) is 12.7. The lowest BCUT2D eigenvalue weighted by Crippen LogP contribution is -3.08. The molecule has 118 valence electrons. The number of hydrogen-bond acceptors (Lipinski definition) is 3. The molecule has 3 rings (SSSR count). The fourth-order valence-corrected chi connectivity index (χ4v) is 3.44. The number of likely N-dealkylation sites (N-methyl/N-ethyl adjacent to an activating group) is 1. The molecule has 0 aliphatic rings. The first kappa shape index (κ1) is 15.6. The van der Waals surface area contributed by atoms with Gasteiger partial charge in [0.25, 0.3) is 5.91 Å². The summed E-state index contributed by atoms with van der Waals surface area (Å²) in [6, 6.07) is 13.9. The first-order chi connectivity index (χ1) is 11.1. The van der Waals surface area contributed by atoms with Gasteiger partial charge in [0.1, 0.15) is 17.4 Å². The Balaban J connectivity index is 1.58. The zero-order valence-corrected chi connectivity index (χ0v) is 13.5. The number of rotatable bonds is 5. The fraction of sp³-hybridized carbons (Fsp3) is 0.176. The van der Waals surface area contributed by atoms with E-state index in [1.54, 1.807) is 23.5 Å². The molecular formula is C17H17FN3OS+. The molecule has 0 aliphatic heterocycles. The molecular weight excluding hydrogens is 313 g/mol. The Morgan fingerprint density at radius 1 is 1.26 bits per heavy atom. The molecule has 23 heavy (non-hydrogen) atoms. The number of amides is 1. The number of carbonyl (C=O) groups excluding carboxylic acids is 1. The van der Waals surface area contributed by atoms with Crippen LogP contribution in [0.2, 0.25) is 0 Å². The predicted octanol–water partition coefficient (Wildman–Crippen LogP) is 2.09. The van der Waals surface area contributed by atoms with Gasteiger partial charge in [-0.3, -0.25) is 4.79 Å². The predicted molar refractivity (Wildman–Crippen MR) is 90.1 cm³/mol. The highest BCUT2D eigenvalue weighted by Crippen LogP contribution is 2.20. The number of carbonyl (C=O) groups is 1. The van der Waals surface area contributed by atoms with Gasteiger partial charge in [0.15, 0.2) is 6.54 Å². The number of halogens is 1. The molecule has 1 amide bonds. The summed E-state index contributed by atoms with van der Waals surface area (Å²) in [4.78, 5) is 17.6. The number of aromatic nitrogens is 1. The zero-order chi connectivity index (χ0) is 16.2. The molecule has 0 aliphatic carbocycles. The van der Waals surface area contributed by atoms with E-state index in [1.165, 1.54) is 12.1 Å². The second-order valence-corrected chi connectivity index (χ2v) is 6.56. The number of fused-ring (bicyclic) bond motifs is 1. The molecule has 1 heterocycles. The van der Waals surface area contributed by atoms with Crippen molar-refractivity contribution in [3.05, 3.63) is 59.4 Å². The number of quaternary nitrogens is 1. The Labute approximate surface area is 137 Å². The van der Waals surface area contributed by atoms with Crippen LogP contribution in [-0.2, 0) is 11.3 Å². The molecule has 2 aromatic carbocycles. The molecule has 0 saturated carbocycles. The minimum atomic E-state index is -0.363. The highest BCUT2D eigenvalue weighted by Gasteiger charge is 2.13. The lowest BCUT2D eigenvalue weighted by atomic mass is 10.3. The van der Waals surface area contributed by atoms with E-state index in [4.69, 9.17) is 0 Å². The van der Waals surface area contributed by atoms with E-state index >= 15 is 0 Å². The van der Waals surface area contributed by atoms with Crippen LogP contribution in [0.4, 0.5) is 10.1 Å². The molecule has 0 bridgehead atoms. The minimum absolute atomic E-state index is 0.144. The van der Waals surface area contributed by atoms with Gasteiger partial charge >= 0.3 is 0 Å². The summed E-state index contributed by atoms with van der Waals surface area (Å²) in [5.74, 6) is -0.507. The summed E-state index contributed by atoms with van der Waals surface area (Å²) < 4.78 is 14.3. The molecule has 6 heteroatoms. The number of para-hydroxylation sites is 1. The summed E-state index contributed by atoms with van der Waals surface area (Å²) in [7, 11) is 1.94. The Bertz CT molecular complexity index is 800. The number of thiazole rings is 1. The minimum Gasteiger partial charge on any atom is -0.324 e. The third-order valence-corrected chi connectivity index (χ3v) is 4.40. The molecule has 0 saturated heterocycles. The van der Waals surface area contributed by atoms with Crippen LogP contribution in [0.25, 0.3) is 10.2 Å². The van der Waals surface area contributed by atoms with Crippen molar-refractivity contribution in [1.82, 2.24) is 4.98 Å². The topological polar surface area (TPSA) is 46.4 Å². The molecule has 1 aromatic heterocycles. The number of benzene rings is 2. The van der Waals surface area contributed by atoms with Gasteiger partial charge in [-0.25, -0.2) is 9.37 Å². The van der Waals surface area contributed by atoms with Crippen LogP contribution in [0.5, 0.6) is 0 Å². The first-order valence-corrected chi connectivity index (χ1v) is 8.13. The molecule has 2 N–H and O–H groups in total. The van der Waals surface area contributed by atoms with Crippen molar-refractivity contribution in [2.75, 3.05) is 18.9 Å². The van der Waals surface area contributed by atoms with Crippen LogP contribution < -0.4 is 10.2 Å². The molecule has 1 atom stereocenters. The molecule has 0 fully saturated rings. The van der Waals surface area contributed by atoms with E-state index in [0.717, 1.165) is 20.1 Å². The monoisotopic (exact) mass is 330 g/mol. The van der Waals surface area contributed by atoms with E-state index < -0.39 is 0 Å². The highest BCUT2D eigenvalue weighted by atomic mass is 32.1. The first-order valence-electron chi connectivity index (χ1n) is 7.31. The molecule has 1 unspecified atom stereocenters. The van der Waals surface area contributed by atoms with Gasteiger partial charge in [0.05, 0.1) is 17.3 Å². The van der Waals surface area contributed by atoms with Gasteiger partial charge < -0.3 is 10.2 Å². The SMILES string of the molecule is C[NH+](CC(=O)Nc1cccc(F)c1)Cc1nc2ccccc2s1. The molecule has 0 spiro atoms. The molecule has 0 radical (unpaired) electrons. The molecule has 4 nitrogen and oxygen atoms in total. The summed E-state index contributed by atoms with van der Waals surface area (Å²) in [6.45, 7) is 0.975. The summed E-state index contributed by atoms with van der Waals surface area (Å²) in [5, 5.41) is 3.71. The summed E-state index contributed by atoms with van der Waals surface area (Å²) in [5.41, 5.74) is 1.47. The van der Waals surface area contributed by atoms with Crippen molar-refractivity contribution in [3.8, 4) is 0 Å². The molecule has 3 aromatic rings. The van der Waals surface area contributed by atoms with Gasteiger partial charge in [-0.05, 0) is 30.3 Å². The van der Waals surface area contributed by atoms with Gasteiger partial charge in [-0.15, -0.1) is 11.3 Å². The maximum atomic E-state index is 13.1. The lowest BCUT2D eigenvalue weighted by Gasteiger charge is -2.12. The summed E-state index contributed by atoms with van der Waals surface area (Å²) in [6.07, 6.45) is 0. The van der Waals surface area contributed by atoms with Gasteiger partial charge in [0, 0.05) is 5.69 Å². The average Bonchev–Trinajstić information content (AvgIpc) is 2.88. The van der Waals surface area contributed by atoms with Gasteiger partial charge in [-0.1, -0.05) is 18.2 Å². The Kier molecular flexibility index (Phi) is 4.64. The second-order valence-electron chi connectivity index (χ2n) is 5.44. The van der Waals surface area contributed by atoms with E-state index in [-0.39, 0.29) is 11.7 Å². The van der Waals surface area contributed by atoms with Crippen molar-refractivity contribution in [1.29, 1.82) is 0 Å². The second kappa shape index (κ2) is 6.85. The number of hydrogen-bond donors (Lipinski definition) is 2. The normalized spacial score (nSPS) is 12.3. The largest absolute Gasteiger partial charge is 0.324 e. The third-order valence-electron chi connectivity index (χ3n) is 3.36. The van der Waals surface area contributed by atoms with Crippen LogP contribution in [0.15, 0.2) is 48.5 Å². The van der Waals surface area contributed by atoms with Crippen molar-refractivity contribution >= 4 is 33.1 Å². The number of nitrogens with zero attached hydrogens (tertiary/aromatic N) is 1. The lowest BCUT2D eigenvalue weighted by molar-refractivity contribution is -0.885. The maximum Gasteiger partial charge on any atom is 0.279 e. The highest BCUT2D eigenvalue weighted by molar-refractivity contribution is 7.18. The summed E-state index contributed by atoms with van der Waals surface area (Å²) >= 11 is 1.65. The number of nitrogens with one attached hydrogen (secondary N) is 2. The van der Waals surface area contributed by atoms with E-state index in [0.29, 0.717) is 18.8 Å². The Morgan fingerprint density at radius 2 is 2.09 bits per heavy atom. The smallest absolute Gasteiger partial charge is 0.279 e. The average molecular weight is 330 g/mol. The number of anilines is 1. The van der Waals surface area contributed by atoms with Crippen molar-refractivity contribution < 1.29 is 14.1 Å². The Hall–Kier alpha value is -2.31. The Morgan fingerprint density at radius 3 is 2.87 bits per heavy atom. The van der Waals surface area contributed by atoms with Crippen molar-refractivity contribution in [2.24, 2.45) is 0 Å². The van der Waals surface area contributed by atoms with Crippen LogP contribution in [0, 0.1) is 5.82 Å². The van der Waals surface area contributed by atoms with Gasteiger partial charge in [0.2, 0.25) is 0 Å². The van der Waals surface area contributed by atoms with Crippen LogP contribution >= 0.6 is 11.3 Å². The maximum absolute atomic E-state index is 13.1. The van der Waals surface area contributed by atoms with Crippen LogP contribution in [0.1, 0.15) is 5.01 Å². The van der Waals surface area contributed by atoms with E-state index in [9.17, 15) is 9.18 Å². The quantitative estimate of drug-likeness (QED) is 0.752. The van der Waals surface area contributed by atoms with Crippen molar-refractivity contribution in [2.45, 2.75) is 6.54 Å². The fourth-order valence-electron chi connectivity index (χ4n) is 2.36. The van der Waals surface area contributed by atoms with Crippen LogP contribution in [0.3, 0.4) is 0 Å². The van der Waals surface area contributed by atoms with Crippen molar-refractivity contribution in [3.63, 3.8) is 0 Å². The van der Waals surface area contributed by atoms with Gasteiger partial charge in [-0.2, -0.15) is 0 Å². The van der Waals surface area contributed by atoms with E-state index in [1.807, 2.05) is 31.3 Å². The third kappa shape index (κ3) is 4.12.